The van der Waals surface area contributed by atoms with E-state index in [1.54, 1.807) is 14.2 Å². The smallest absolute Gasteiger partial charge is 0.133 e. The van der Waals surface area contributed by atoms with E-state index in [2.05, 4.69) is 59.3 Å². The van der Waals surface area contributed by atoms with E-state index in [1.165, 1.54) is 17.7 Å². The average molecular weight is 417 g/mol. The quantitative estimate of drug-likeness (QED) is 0.622. The Bertz CT molecular complexity index is 562. The maximum atomic E-state index is 5.61. The third-order valence-corrected chi connectivity index (χ3v) is 16.4. The van der Waals surface area contributed by atoms with E-state index in [9.17, 15) is 0 Å². The molecule has 1 heterocycles. The van der Waals surface area contributed by atoms with Crippen molar-refractivity contribution >= 4 is 32.4 Å². The summed E-state index contributed by atoms with van der Waals surface area (Å²) in [5.41, 5.74) is 1.24. The summed E-state index contributed by atoms with van der Waals surface area (Å²) in [6, 6.07) is 7.59. The third kappa shape index (κ3) is 3.86. The average Bonchev–Trinajstić information content (AvgIpc) is 2.68. The second-order valence-corrected chi connectivity index (χ2v) is 18.4. The Balaban J connectivity index is 2.31. The number of benzene rings is 1. The van der Waals surface area contributed by atoms with Gasteiger partial charge in [0.15, 0.2) is 0 Å². The summed E-state index contributed by atoms with van der Waals surface area (Å²) in [6.45, 7) is 12.5. The molecule has 23 heavy (non-hydrogen) atoms. The molecule has 1 fully saturated rings. The van der Waals surface area contributed by atoms with Crippen LogP contribution < -0.4 is 9.47 Å². The molecule has 1 aliphatic rings. The van der Waals surface area contributed by atoms with E-state index in [4.69, 9.17) is 9.47 Å². The van der Waals surface area contributed by atoms with Gasteiger partial charge in [0, 0.05) is 0 Å². The molecule has 2 rings (SSSR count). The van der Waals surface area contributed by atoms with Crippen LogP contribution in [0.15, 0.2) is 16.6 Å². The minimum atomic E-state index is -1.27. The number of methoxy groups -OCH3 is 2. The van der Waals surface area contributed by atoms with Crippen LogP contribution >= 0.6 is 15.9 Å². The molecule has 0 aromatic heterocycles. The zero-order valence-corrected chi connectivity index (χ0v) is 19.1. The molecule has 1 unspecified atom stereocenters. The molecule has 1 aromatic carbocycles. The minimum absolute atomic E-state index is 0.556. The molecular formula is C17H30BrNO2Si2. The van der Waals surface area contributed by atoms with Crippen molar-refractivity contribution in [2.75, 3.05) is 14.2 Å². The second-order valence-electron chi connectivity index (χ2n) is 7.85. The number of halogens is 1. The predicted octanol–water partition coefficient (Wildman–Crippen LogP) is 5.12. The monoisotopic (exact) mass is 415 g/mol. The molecule has 0 N–H and O–H groups in total. The van der Waals surface area contributed by atoms with Crippen LogP contribution in [0.25, 0.3) is 0 Å². The van der Waals surface area contributed by atoms with E-state index < -0.39 is 16.5 Å². The summed E-state index contributed by atoms with van der Waals surface area (Å²) in [4.78, 5) is 0. The number of hydrogen-bond acceptors (Lipinski definition) is 3. The molecule has 3 nitrogen and oxygen atoms in total. The molecular weight excluding hydrogens is 386 g/mol. The van der Waals surface area contributed by atoms with Crippen molar-refractivity contribution < 1.29 is 9.47 Å². The topological polar surface area (TPSA) is 21.7 Å². The first-order chi connectivity index (χ1) is 10.6. The standard InChI is InChI=1S/C17H30BrNO2Si2/c1-13(19-22(4,5)8-9-23(19,6)7)10-14-11-17(21-3)15(18)12-16(14)20-2/h11-13H,8-10H2,1-7H3. The number of hydrogen-bond donors (Lipinski definition) is 0. The van der Waals surface area contributed by atoms with Crippen LogP contribution in [0.2, 0.25) is 38.3 Å². The lowest BCUT2D eigenvalue weighted by Gasteiger charge is -2.43. The van der Waals surface area contributed by atoms with Crippen LogP contribution in [-0.2, 0) is 6.42 Å². The lowest BCUT2D eigenvalue weighted by atomic mass is 10.1. The second kappa shape index (κ2) is 6.90. The molecule has 6 heteroatoms. The van der Waals surface area contributed by atoms with Crippen LogP contribution in [0, 0.1) is 0 Å². The van der Waals surface area contributed by atoms with Crippen LogP contribution in [0.1, 0.15) is 12.5 Å². The number of nitrogens with zero attached hydrogens (tertiary/aromatic N) is 1. The highest BCUT2D eigenvalue weighted by Crippen LogP contribution is 2.40. The predicted molar refractivity (Wildman–Crippen MR) is 107 cm³/mol. The minimum Gasteiger partial charge on any atom is -0.496 e. The Morgan fingerprint density at radius 2 is 1.57 bits per heavy atom. The SMILES string of the molecule is COc1cc(CC(C)N2[Si](C)(C)CC[Si]2(C)C)c(OC)cc1Br. The van der Waals surface area contributed by atoms with Crippen molar-refractivity contribution in [3.05, 3.63) is 22.2 Å². The van der Waals surface area contributed by atoms with Crippen LogP contribution in [0.3, 0.4) is 0 Å². The fourth-order valence-corrected chi connectivity index (χ4v) is 20.0. The van der Waals surface area contributed by atoms with Crippen LogP contribution in [-0.4, -0.2) is 41.0 Å². The third-order valence-electron chi connectivity index (χ3n) is 5.16. The number of ether oxygens (including phenoxy) is 2. The first-order valence-corrected chi connectivity index (χ1v) is 15.4. The van der Waals surface area contributed by atoms with Crippen molar-refractivity contribution in [3.8, 4) is 11.5 Å². The van der Waals surface area contributed by atoms with E-state index in [-0.39, 0.29) is 0 Å². The Kier molecular flexibility index (Phi) is 5.71. The van der Waals surface area contributed by atoms with Crippen molar-refractivity contribution in [1.82, 2.24) is 4.23 Å². The van der Waals surface area contributed by atoms with Gasteiger partial charge >= 0.3 is 0 Å². The fourth-order valence-electron chi connectivity index (χ4n) is 4.36. The van der Waals surface area contributed by atoms with Gasteiger partial charge in [-0.05, 0) is 58.2 Å². The summed E-state index contributed by atoms with van der Waals surface area (Å²) in [5.74, 6) is 1.82. The van der Waals surface area contributed by atoms with Gasteiger partial charge in [-0.15, -0.1) is 0 Å². The summed E-state index contributed by atoms with van der Waals surface area (Å²) in [5, 5.41) is 0. The van der Waals surface area contributed by atoms with Gasteiger partial charge in [-0.25, -0.2) is 0 Å². The van der Waals surface area contributed by atoms with Gasteiger partial charge in [-0.3, -0.25) is 0 Å². The van der Waals surface area contributed by atoms with Gasteiger partial charge in [0.05, 0.1) is 18.7 Å². The summed E-state index contributed by atoms with van der Waals surface area (Å²) in [7, 11) is 0.923. The Morgan fingerprint density at radius 1 is 1.04 bits per heavy atom. The van der Waals surface area contributed by atoms with Gasteiger partial charge < -0.3 is 13.7 Å². The first kappa shape index (κ1) is 19.0. The first-order valence-electron chi connectivity index (χ1n) is 8.32. The molecule has 0 aliphatic carbocycles. The molecule has 1 aromatic rings. The zero-order chi connectivity index (χ0) is 17.4. The molecule has 130 valence electrons. The van der Waals surface area contributed by atoms with Gasteiger partial charge in [0.1, 0.15) is 28.0 Å². The Morgan fingerprint density at radius 3 is 2.04 bits per heavy atom. The molecule has 1 aliphatic heterocycles. The summed E-state index contributed by atoms with van der Waals surface area (Å²) >= 11 is 3.55. The molecule has 1 atom stereocenters. The van der Waals surface area contributed by atoms with E-state index in [1.807, 2.05) is 6.07 Å². The van der Waals surface area contributed by atoms with E-state index >= 15 is 0 Å². The molecule has 0 bridgehead atoms. The van der Waals surface area contributed by atoms with Gasteiger partial charge in [0.2, 0.25) is 0 Å². The lowest BCUT2D eigenvalue weighted by Crippen LogP contribution is -2.59. The normalized spacial score (nSPS) is 21.2. The molecule has 0 amide bonds. The largest absolute Gasteiger partial charge is 0.496 e. The Labute approximate surface area is 151 Å². The highest BCUT2D eigenvalue weighted by atomic mass is 79.9. The van der Waals surface area contributed by atoms with Crippen LogP contribution in [0.5, 0.6) is 11.5 Å². The van der Waals surface area contributed by atoms with Crippen molar-refractivity contribution in [2.24, 2.45) is 0 Å². The van der Waals surface area contributed by atoms with E-state index in [0.717, 1.165) is 22.4 Å². The zero-order valence-electron chi connectivity index (χ0n) is 15.5. The van der Waals surface area contributed by atoms with Gasteiger partial charge in [0.25, 0.3) is 0 Å². The van der Waals surface area contributed by atoms with Crippen molar-refractivity contribution in [2.45, 2.75) is 57.7 Å². The van der Waals surface area contributed by atoms with Crippen LogP contribution in [0.4, 0.5) is 0 Å². The fraction of sp³-hybridized carbons (Fsp3) is 0.647. The van der Waals surface area contributed by atoms with Gasteiger partial charge in [-0.1, -0.05) is 33.1 Å². The highest BCUT2D eigenvalue weighted by molar-refractivity contribution is 9.10. The van der Waals surface area contributed by atoms with Crippen molar-refractivity contribution in [1.29, 1.82) is 0 Å². The molecule has 0 saturated carbocycles. The number of rotatable bonds is 5. The maximum absolute atomic E-state index is 5.61. The van der Waals surface area contributed by atoms with E-state index in [0.29, 0.717) is 6.04 Å². The maximum Gasteiger partial charge on any atom is 0.133 e. The molecule has 0 spiro atoms. The highest BCUT2D eigenvalue weighted by Gasteiger charge is 2.49. The summed E-state index contributed by atoms with van der Waals surface area (Å²) in [6.07, 6.45) is 1.01. The molecule has 1 saturated heterocycles. The van der Waals surface area contributed by atoms with Gasteiger partial charge in [-0.2, -0.15) is 0 Å². The Hall–Kier alpha value is -0.306. The summed E-state index contributed by atoms with van der Waals surface area (Å²) < 4.78 is 15.0. The lowest BCUT2D eigenvalue weighted by molar-refractivity contribution is 0.390. The van der Waals surface area contributed by atoms with Crippen molar-refractivity contribution in [3.63, 3.8) is 0 Å². The molecule has 0 radical (unpaired) electrons.